The van der Waals surface area contributed by atoms with Gasteiger partial charge >= 0.3 is 12.1 Å². The summed E-state index contributed by atoms with van der Waals surface area (Å²) in [5.41, 5.74) is 1.19. The average molecular weight is 528 g/mol. The Morgan fingerprint density at radius 1 is 1.05 bits per heavy atom. The molecule has 0 saturated heterocycles. The summed E-state index contributed by atoms with van der Waals surface area (Å²) in [4.78, 5) is 30.3. The molecule has 1 aliphatic rings. The van der Waals surface area contributed by atoms with Crippen LogP contribution < -0.4 is 5.32 Å². The number of alkyl halides is 3. The largest absolute Gasteiger partial charge is 0.465 e. The van der Waals surface area contributed by atoms with Gasteiger partial charge in [0.2, 0.25) is 0 Å². The number of pyridine rings is 1. The number of hydrogen-bond acceptors (Lipinski definition) is 8. The van der Waals surface area contributed by atoms with Crippen LogP contribution in [0.15, 0.2) is 55.0 Å². The lowest BCUT2D eigenvalue weighted by atomic mass is 10.1. The first kappa shape index (κ1) is 26.2. The van der Waals surface area contributed by atoms with Crippen molar-refractivity contribution in [3.63, 3.8) is 0 Å². The van der Waals surface area contributed by atoms with Gasteiger partial charge in [0.1, 0.15) is 11.4 Å². The van der Waals surface area contributed by atoms with Crippen molar-refractivity contribution in [3.8, 4) is 22.6 Å². The van der Waals surface area contributed by atoms with Gasteiger partial charge in [-0.2, -0.15) is 13.2 Å². The molecule has 3 aromatic heterocycles. The lowest BCUT2D eigenvalue weighted by Crippen LogP contribution is -2.12. The Balaban J connectivity index is 0.00000156. The standard InChI is InChI=1S/C24H18F3N5O2S.C2H6/c1-34-22(33)17-11-16(24(25,26)27)12-30-21(17)32-23-31-18(19(35-23)14-5-6-14)13-3-7-15(8-4-13)20-28-9-2-10-29-20;1-2/h2-4,7-12,14H,5-6H2,1H3,(H,30,31,32);1-2H3. The highest BCUT2D eigenvalue weighted by atomic mass is 32.1. The highest BCUT2D eigenvalue weighted by molar-refractivity contribution is 7.16. The molecule has 1 N–H and O–H groups in total. The Morgan fingerprint density at radius 3 is 2.30 bits per heavy atom. The smallest absolute Gasteiger partial charge is 0.417 e. The zero-order valence-electron chi connectivity index (χ0n) is 20.3. The number of hydrogen-bond donors (Lipinski definition) is 1. The summed E-state index contributed by atoms with van der Waals surface area (Å²) in [5, 5.41) is 3.35. The summed E-state index contributed by atoms with van der Waals surface area (Å²) in [6.07, 6.45) is 1.47. The molecule has 11 heteroatoms. The number of halogens is 3. The van der Waals surface area contributed by atoms with Gasteiger partial charge in [-0.3, -0.25) is 0 Å². The fourth-order valence-electron chi connectivity index (χ4n) is 3.53. The molecule has 192 valence electrons. The molecule has 0 unspecified atom stereocenters. The van der Waals surface area contributed by atoms with E-state index in [-0.39, 0.29) is 11.4 Å². The topological polar surface area (TPSA) is 89.9 Å². The van der Waals surface area contributed by atoms with E-state index in [0.29, 0.717) is 23.1 Å². The molecule has 4 aromatic rings. The Kier molecular flexibility index (Phi) is 7.82. The number of carbonyl (C=O) groups is 1. The molecule has 0 atom stereocenters. The van der Waals surface area contributed by atoms with Crippen LogP contribution in [0.1, 0.15) is 53.4 Å². The normalized spacial score (nSPS) is 12.9. The van der Waals surface area contributed by atoms with Crippen molar-refractivity contribution in [1.29, 1.82) is 0 Å². The molecule has 3 heterocycles. The van der Waals surface area contributed by atoms with E-state index in [1.54, 1.807) is 18.5 Å². The lowest BCUT2D eigenvalue weighted by molar-refractivity contribution is -0.137. The summed E-state index contributed by atoms with van der Waals surface area (Å²) < 4.78 is 44.1. The van der Waals surface area contributed by atoms with Gasteiger partial charge in [-0.1, -0.05) is 38.1 Å². The maximum Gasteiger partial charge on any atom is 0.417 e. The van der Waals surface area contributed by atoms with Gasteiger partial charge in [0.05, 0.1) is 18.4 Å². The third-order valence-electron chi connectivity index (χ3n) is 5.43. The predicted molar refractivity (Wildman–Crippen MR) is 136 cm³/mol. The van der Waals surface area contributed by atoms with Gasteiger partial charge in [0.15, 0.2) is 11.0 Å². The van der Waals surface area contributed by atoms with Gasteiger partial charge in [-0.05, 0) is 30.9 Å². The SMILES string of the molecule is CC.COC(=O)c1cc(C(F)(F)F)cnc1Nc1nc(-c2ccc(-c3ncccn3)cc2)c(C2CC2)s1. The Morgan fingerprint density at radius 2 is 1.70 bits per heavy atom. The number of carbonyl (C=O) groups excluding carboxylic acids is 1. The van der Waals surface area contributed by atoms with Crippen LogP contribution in [-0.2, 0) is 10.9 Å². The monoisotopic (exact) mass is 527 g/mol. The Labute approximate surface area is 215 Å². The fourth-order valence-corrected chi connectivity index (χ4v) is 4.68. The van der Waals surface area contributed by atoms with Crippen molar-refractivity contribution in [2.45, 2.75) is 38.8 Å². The number of esters is 1. The number of anilines is 2. The molecular weight excluding hydrogens is 503 g/mol. The van der Waals surface area contributed by atoms with E-state index >= 15 is 0 Å². The van der Waals surface area contributed by atoms with Crippen molar-refractivity contribution in [2.75, 3.05) is 12.4 Å². The molecule has 0 amide bonds. The molecule has 0 aliphatic heterocycles. The number of rotatable bonds is 6. The second-order valence-corrected chi connectivity index (χ2v) is 8.92. The van der Waals surface area contributed by atoms with E-state index in [4.69, 9.17) is 4.98 Å². The maximum atomic E-state index is 13.1. The molecule has 0 spiro atoms. The maximum absolute atomic E-state index is 13.1. The van der Waals surface area contributed by atoms with E-state index in [2.05, 4.69) is 25.0 Å². The van der Waals surface area contributed by atoms with Gasteiger partial charge in [-0.15, -0.1) is 11.3 Å². The predicted octanol–water partition coefficient (Wildman–Crippen LogP) is 7.11. The molecule has 37 heavy (non-hydrogen) atoms. The van der Waals surface area contributed by atoms with E-state index < -0.39 is 17.7 Å². The highest BCUT2D eigenvalue weighted by Crippen LogP contribution is 2.48. The third-order valence-corrected chi connectivity index (χ3v) is 6.56. The van der Waals surface area contributed by atoms with Crippen LogP contribution in [-0.4, -0.2) is 33.0 Å². The zero-order chi connectivity index (χ0) is 26.6. The molecule has 7 nitrogen and oxygen atoms in total. The summed E-state index contributed by atoms with van der Waals surface area (Å²) in [7, 11) is 1.10. The zero-order valence-corrected chi connectivity index (χ0v) is 21.2. The molecule has 1 aromatic carbocycles. The highest BCUT2D eigenvalue weighted by Gasteiger charge is 2.33. The van der Waals surface area contributed by atoms with Crippen LogP contribution in [0.2, 0.25) is 0 Å². The quantitative estimate of drug-likeness (QED) is 0.267. The molecule has 1 aliphatic carbocycles. The van der Waals surface area contributed by atoms with Crippen molar-refractivity contribution >= 4 is 28.3 Å². The number of benzene rings is 1. The van der Waals surface area contributed by atoms with Crippen LogP contribution in [0.3, 0.4) is 0 Å². The second-order valence-electron chi connectivity index (χ2n) is 7.89. The first-order valence-corrected chi connectivity index (χ1v) is 12.5. The summed E-state index contributed by atoms with van der Waals surface area (Å²) in [6.45, 7) is 4.00. The number of methoxy groups -OCH3 is 1. The van der Waals surface area contributed by atoms with Crippen LogP contribution in [0.25, 0.3) is 22.6 Å². The number of nitrogens with one attached hydrogen (secondary N) is 1. The average Bonchev–Trinajstić information content (AvgIpc) is 3.69. The lowest BCUT2D eigenvalue weighted by Gasteiger charge is -2.11. The molecule has 1 fully saturated rings. The number of thiazole rings is 1. The Bertz CT molecular complexity index is 1370. The molecule has 0 radical (unpaired) electrons. The van der Waals surface area contributed by atoms with E-state index in [9.17, 15) is 18.0 Å². The second kappa shape index (κ2) is 11.0. The number of nitrogens with zero attached hydrogens (tertiary/aromatic N) is 4. The molecule has 5 rings (SSSR count). The van der Waals surface area contributed by atoms with Gasteiger partial charge in [0, 0.05) is 34.6 Å². The van der Waals surface area contributed by atoms with Crippen LogP contribution in [0.5, 0.6) is 0 Å². The van der Waals surface area contributed by atoms with Gasteiger partial charge in [-0.25, -0.2) is 24.7 Å². The van der Waals surface area contributed by atoms with Crippen molar-refractivity contribution in [3.05, 3.63) is 71.0 Å². The fraction of sp³-hybridized carbons (Fsp3) is 0.269. The minimum absolute atomic E-state index is 0.0518. The molecule has 0 bridgehead atoms. The van der Waals surface area contributed by atoms with Crippen LogP contribution in [0.4, 0.5) is 24.1 Å². The van der Waals surface area contributed by atoms with Crippen LogP contribution in [0, 0.1) is 0 Å². The summed E-state index contributed by atoms with van der Waals surface area (Å²) in [6, 6.07) is 10.2. The van der Waals surface area contributed by atoms with Crippen molar-refractivity contribution in [2.24, 2.45) is 0 Å². The van der Waals surface area contributed by atoms with E-state index in [0.717, 1.165) is 47.7 Å². The Hall–Kier alpha value is -3.86. The molecule has 1 saturated carbocycles. The van der Waals surface area contributed by atoms with Crippen molar-refractivity contribution < 1.29 is 22.7 Å². The van der Waals surface area contributed by atoms with E-state index in [1.807, 2.05) is 38.1 Å². The van der Waals surface area contributed by atoms with Crippen molar-refractivity contribution in [1.82, 2.24) is 19.9 Å². The summed E-state index contributed by atoms with van der Waals surface area (Å²) in [5.74, 6) is 0.00901. The first-order valence-electron chi connectivity index (χ1n) is 11.6. The third kappa shape index (κ3) is 5.93. The van der Waals surface area contributed by atoms with Crippen LogP contribution >= 0.6 is 11.3 Å². The summed E-state index contributed by atoms with van der Waals surface area (Å²) >= 11 is 1.40. The van der Waals surface area contributed by atoms with E-state index in [1.165, 1.54) is 11.3 Å². The first-order chi connectivity index (χ1) is 17.8. The number of ether oxygens (including phenoxy) is 1. The number of aromatic nitrogens is 4. The van der Waals surface area contributed by atoms with Gasteiger partial charge < -0.3 is 10.1 Å². The minimum atomic E-state index is -4.64. The minimum Gasteiger partial charge on any atom is -0.465 e. The molecular formula is C26H24F3N5O2S. The van der Waals surface area contributed by atoms with Gasteiger partial charge in [0.25, 0.3) is 0 Å².